The highest BCUT2D eigenvalue weighted by atomic mass is 35.5. The zero-order valence-corrected chi connectivity index (χ0v) is 34.9. The molecule has 5 amide bonds. The highest BCUT2D eigenvalue weighted by molar-refractivity contribution is 7.99. The largest absolute Gasteiger partial charge is 0.494 e. The first-order valence-corrected chi connectivity index (χ1v) is 21.0. The monoisotopic (exact) mass is 874 g/mol. The number of methoxy groups -OCH3 is 1. The maximum Gasteiger partial charge on any atom is 0.255 e. The average molecular weight is 875 g/mol. The molecule has 3 aliphatic rings. The van der Waals surface area contributed by atoms with Crippen LogP contribution in [0, 0.1) is 5.82 Å². The molecule has 19 heteroatoms. The van der Waals surface area contributed by atoms with E-state index in [9.17, 15) is 28.4 Å². The molecule has 4 aromatic rings. The Morgan fingerprint density at radius 2 is 1.85 bits per heavy atom. The summed E-state index contributed by atoms with van der Waals surface area (Å²) >= 11 is 7.51. The van der Waals surface area contributed by atoms with Gasteiger partial charge in [0.15, 0.2) is 0 Å². The van der Waals surface area contributed by atoms with Gasteiger partial charge in [0, 0.05) is 85.1 Å². The number of nitrogens with zero attached hydrogens (tertiary/aromatic N) is 5. The molecule has 0 radical (unpaired) electrons. The van der Waals surface area contributed by atoms with E-state index in [0.717, 1.165) is 10.5 Å². The maximum atomic E-state index is 13.7. The molecule has 2 fully saturated rings. The van der Waals surface area contributed by atoms with E-state index < -0.39 is 17.8 Å². The van der Waals surface area contributed by atoms with Crippen molar-refractivity contribution in [3.63, 3.8) is 0 Å². The molecule has 3 aliphatic heterocycles. The van der Waals surface area contributed by atoms with E-state index >= 15 is 0 Å². The number of nitrogens with one attached hydrogen (secondary N) is 3. The Hall–Kier alpha value is -5.66. The number of ether oxygens (including phenoxy) is 3. The van der Waals surface area contributed by atoms with Gasteiger partial charge in [-0.3, -0.25) is 34.2 Å². The first-order chi connectivity index (χ1) is 29.6. The summed E-state index contributed by atoms with van der Waals surface area (Å²) in [6, 6.07) is 12.5. The van der Waals surface area contributed by atoms with Gasteiger partial charge in [0.2, 0.25) is 23.6 Å². The molecule has 4 heterocycles. The molecule has 3 N–H and O–H groups in total. The zero-order valence-electron chi connectivity index (χ0n) is 33.3. The number of fused-ring (bicyclic) bond motifs is 2. The minimum Gasteiger partial charge on any atom is -0.494 e. The van der Waals surface area contributed by atoms with Gasteiger partial charge in [0.1, 0.15) is 36.4 Å². The standard InChI is InChI=1S/C42H44ClFN8O8S/c1-58-35-22-32-28(40(46-25-45-32)47-26-7-8-31(44)30(43)20-26)21-33(35)48-37(53)6-3-11-50-12-14-51(15-13-50)39(55)24-60-17-16-59-18-19-61-36-5-2-4-27-29(36)23-52(42(27)57)34-9-10-38(54)49-41(34)56/h2-8,20-22,25,34H,9-19,23-24H2,1H3,(H,48,53)(H,45,46,47)(H,49,54,56)/b6-3+. The van der Waals surface area contributed by atoms with Gasteiger partial charge in [0.25, 0.3) is 5.91 Å². The molecule has 0 aliphatic carbocycles. The molecule has 0 bridgehead atoms. The molecule has 0 saturated carbocycles. The summed E-state index contributed by atoms with van der Waals surface area (Å²) in [6.07, 6.45) is 5.12. The van der Waals surface area contributed by atoms with Crippen LogP contribution in [0.5, 0.6) is 5.75 Å². The minimum atomic E-state index is -0.657. The van der Waals surface area contributed by atoms with Crippen molar-refractivity contribution in [2.75, 3.05) is 82.6 Å². The van der Waals surface area contributed by atoms with Gasteiger partial charge in [-0.15, -0.1) is 11.8 Å². The lowest BCUT2D eigenvalue weighted by molar-refractivity contribution is -0.138. The maximum absolute atomic E-state index is 13.7. The van der Waals surface area contributed by atoms with E-state index in [4.69, 9.17) is 25.8 Å². The van der Waals surface area contributed by atoms with Crippen molar-refractivity contribution in [3.05, 3.63) is 89.0 Å². The highest BCUT2D eigenvalue weighted by Crippen LogP contribution is 2.35. The van der Waals surface area contributed by atoms with E-state index in [1.54, 1.807) is 45.8 Å². The third kappa shape index (κ3) is 10.8. The Kier molecular flexibility index (Phi) is 14.4. The van der Waals surface area contributed by atoms with Gasteiger partial charge < -0.3 is 34.6 Å². The molecule has 7 rings (SSSR count). The quantitative estimate of drug-likeness (QED) is 0.0588. The summed E-state index contributed by atoms with van der Waals surface area (Å²) in [5, 5.41) is 8.87. The number of piperidine rings is 1. The van der Waals surface area contributed by atoms with E-state index in [-0.39, 0.29) is 48.3 Å². The van der Waals surface area contributed by atoms with Gasteiger partial charge >= 0.3 is 0 Å². The Bertz CT molecular complexity index is 2350. The first kappa shape index (κ1) is 43.4. The number of halogens is 2. The van der Waals surface area contributed by atoms with Crippen molar-refractivity contribution in [2.45, 2.75) is 30.3 Å². The van der Waals surface area contributed by atoms with Crippen molar-refractivity contribution in [2.24, 2.45) is 0 Å². The second kappa shape index (κ2) is 20.3. The minimum absolute atomic E-state index is 0.0353. The van der Waals surface area contributed by atoms with Crippen molar-refractivity contribution in [1.82, 2.24) is 30.0 Å². The van der Waals surface area contributed by atoms with Crippen LogP contribution in [0.4, 0.5) is 21.6 Å². The van der Waals surface area contributed by atoms with Crippen molar-refractivity contribution < 1.29 is 42.6 Å². The zero-order chi connectivity index (χ0) is 42.9. The van der Waals surface area contributed by atoms with Gasteiger partial charge in [-0.05, 0) is 48.4 Å². The topological polar surface area (TPSA) is 185 Å². The third-order valence-electron chi connectivity index (χ3n) is 10.4. The number of imide groups is 1. The van der Waals surface area contributed by atoms with Crippen LogP contribution >= 0.6 is 23.4 Å². The predicted octanol–water partition coefficient (Wildman–Crippen LogP) is 4.40. The summed E-state index contributed by atoms with van der Waals surface area (Å²) in [5.74, 6) is -0.476. The van der Waals surface area contributed by atoms with E-state index in [1.807, 2.05) is 12.1 Å². The molecule has 2 saturated heterocycles. The summed E-state index contributed by atoms with van der Waals surface area (Å²) < 4.78 is 30.5. The molecule has 1 atom stereocenters. The summed E-state index contributed by atoms with van der Waals surface area (Å²) in [4.78, 5) is 77.8. The molecule has 16 nitrogen and oxygen atoms in total. The van der Waals surface area contributed by atoms with Crippen molar-refractivity contribution >= 4 is 81.0 Å². The second-order valence-electron chi connectivity index (χ2n) is 14.3. The van der Waals surface area contributed by atoms with Crippen LogP contribution in [-0.4, -0.2) is 132 Å². The third-order valence-corrected chi connectivity index (χ3v) is 11.7. The fourth-order valence-corrected chi connectivity index (χ4v) is 8.32. The van der Waals surface area contributed by atoms with Gasteiger partial charge in [-0.1, -0.05) is 23.7 Å². The normalized spacial score (nSPS) is 16.9. The Morgan fingerprint density at radius 1 is 1.03 bits per heavy atom. The number of rotatable bonds is 17. The fourth-order valence-electron chi connectivity index (χ4n) is 7.20. The van der Waals surface area contributed by atoms with Gasteiger partial charge in [-0.2, -0.15) is 0 Å². The lowest BCUT2D eigenvalue weighted by Gasteiger charge is -2.34. The van der Waals surface area contributed by atoms with Crippen LogP contribution in [0.15, 0.2) is 71.9 Å². The number of thioether (sulfide) groups is 1. The lowest BCUT2D eigenvalue weighted by atomic mass is 10.0. The SMILES string of the molecule is COc1cc2ncnc(Nc3ccc(F)c(Cl)c3)c2cc1NC(=O)/C=C/CN1CCN(C(=O)COCCOCCSc2cccc3c2CN(C2CCC(=O)NC2=O)C3=O)CC1. The summed E-state index contributed by atoms with van der Waals surface area (Å²) in [5.41, 5.74) is 2.95. The van der Waals surface area contributed by atoms with Crippen LogP contribution in [0.2, 0.25) is 5.02 Å². The van der Waals surface area contributed by atoms with Gasteiger partial charge in [0.05, 0.1) is 43.2 Å². The number of aromatic nitrogens is 2. The first-order valence-electron chi connectivity index (χ1n) is 19.6. The number of hydrogen-bond donors (Lipinski definition) is 3. The van der Waals surface area contributed by atoms with E-state index in [1.165, 1.54) is 37.7 Å². The second-order valence-corrected chi connectivity index (χ2v) is 15.9. The molecular formula is C42H44ClFN8O8S. The molecule has 1 unspecified atom stereocenters. The lowest BCUT2D eigenvalue weighted by Crippen LogP contribution is -2.52. The molecule has 1 aromatic heterocycles. The molecule has 0 spiro atoms. The van der Waals surface area contributed by atoms with Crippen LogP contribution in [0.1, 0.15) is 28.8 Å². The van der Waals surface area contributed by atoms with Crippen LogP contribution in [0.25, 0.3) is 10.9 Å². The molecule has 61 heavy (non-hydrogen) atoms. The van der Waals surface area contributed by atoms with Crippen LogP contribution in [0.3, 0.4) is 0 Å². The predicted molar refractivity (Wildman–Crippen MR) is 226 cm³/mol. The van der Waals surface area contributed by atoms with E-state index in [2.05, 4.69) is 30.8 Å². The summed E-state index contributed by atoms with van der Waals surface area (Å²) in [6.45, 7) is 4.17. The van der Waals surface area contributed by atoms with Gasteiger partial charge in [-0.25, -0.2) is 14.4 Å². The van der Waals surface area contributed by atoms with E-state index in [0.29, 0.717) is 104 Å². The number of carbonyl (C=O) groups is 5. The van der Waals surface area contributed by atoms with Crippen LogP contribution in [-0.2, 0) is 35.2 Å². The Labute approximate surface area is 360 Å². The number of piperazine rings is 1. The molecule has 3 aromatic carbocycles. The number of amides is 5. The highest BCUT2D eigenvalue weighted by Gasteiger charge is 2.39. The summed E-state index contributed by atoms with van der Waals surface area (Å²) in [7, 11) is 1.49. The molecular weight excluding hydrogens is 831 g/mol. The fraction of sp³-hybridized carbons (Fsp3) is 0.357. The number of carbonyl (C=O) groups excluding carboxylic acids is 5. The molecule has 320 valence electrons. The van der Waals surface area contributed by atoms with Crippen LogP contribution < -0.4 is 20.7 Å². The number of benzene rings is 3. The number of hydrogen-bond acceptors (Lipinski definition) is 13. The Morgan fingerprint density at radius 3 is 2.64 bits per heavy atom. The van der Waals surface area contributed by atoms with Crippen molar-refractivity contribution in [1.29, 1.82) is 0 Å². The van der Waals surface area contributed by atoms with Crippen molar-refractivity contribution in [3.8, 4) is 5.75 Å². The Balaban J connectivity index is 0.778. The number of anilines is 3. The smallest absolute Gasteiger partial charge is 0.255 e. The average Bonchev–Trinajstić information content (AvgIpc) is 3.59.